The molecular weight excluding hydrogens is 380 g/mol. The van der Waals surface area contributed by atoms with Crippen LogP contribution in [0.1, 0.15) is 82.3 Å². The summed E-state index contributed by atoms with van der Waals surface area (Å²) in [5.74, 6) is 13.6. The van der Waals surface area contributed by atoms with Gasteiger partial charge >= 0.3 is 0 Å². The Hall–Kier alpha value is -2.84. The van der Waals surface area contributed by atoms with E-state index in [1.165, 1.54) is 57.8 Å². The van der Waals surface area contributed by atoms with E-state index in [-0.39, 0.29) is 0 Å². The van der Waals surface area contributed by atoms with E-state index >= 15 is 0 Å². The van der Waals surface area contributed by atoms with Crippen LogP contribution in [0.15, 0.2) is 48.5 Å². The van der Waals surface area contributed by atoms with E-state index in [0.717, 1.165) is 35.7 Å². The minimum absolute atomic E-state index is 0.787. The van der Waals surface area contributed by atoms with E-state index < -0.39 is 0 Å². The monoisotopic (exact) mass is 416 g/mol. The average Bonchev–Trinajstić information content (AvgIpc) is 2.81. The highest BCUT2D eigenvalue weighted by Crippen LogP contribution is 2.14. The first-order chi connectivity index (χ1) is 15.3. The fourth-order valence-electron chi connectivity index (χ4n) is 3.30. The molecule has 2 heteroatoms. The second-order valence-corrected chi connectivity index (χ2v) is 7.78. The molecule has 0 aliphatic carbocycles. The average molecular weight is 417 g/mol. The second-order valence-electron chi connectivity index (χ2n) is 7.78. The van der Waals surface area contributed by atoms with E-state index in [1.807, 2.05) is 48.5 Å². The maximum absolute atomic E-state index is 5.85. The molecule has 2 aromatic carbocycles. The number of unbranched alkanes of at least 4 members (excludes halogenated alkanes) is 9. The number of ether oxygens (including phenoxy) is 2. The van der Waals surface area contributed by atoms with Gasteiger partial charge in [0.2, 0.25) is 0 Å². The van der Waals surface area contributed by atoms with Crippen molar-refractivity contribution in [2.45, 2.75) is 71.1 Å². The summed E-state index contributed by atoms with van der Waals surface area (Å²) in [6.07, 6.45) is 13.4. The lowest BCUT2D eigenvalue weighted by molar-refractivity contribution is 0.304. The maximum Gasteiger partial charge on any atom is 0.119 e. The number of hydrogen-bond donors (Lipinski definition) is 0. The molecule has 2 nitrogen and oxygen atoms in total. The molecule has 0 fully saturated rings. The molecule has 0 radical (unpaired) electrons. The topological polar surface area (TPSA) is 18.5 Å². The highest BCUT2D eigenvalue weighted by molar-refractivity contribution is 5.46. The molecule has 31 heavy (non-hydrogen) atoms. The largest absolute Gasteiger partial charge is 0.497 e. The van der Waals surface area contributed by atoms with Crippen molar-refractivity contribution in [1.82, 2.24) is 0 Å². The molecule has 2 aromatic rings. The van der Waals surface area contributed by atoms with Crippen molar-refractivity contribution in [2.75, 3.05) is 13.7 Å². The summed E-state index contributed by atoms with van der Waals surface area (Å²) < 4.78 is 11.0. The van der Waals surface area contributed by atoms with E-state index in [0.29, 0.717) is 0 Å². The van der Waals surface area contributed by atoms with Gasteiger partial charge in [0.05, 0.1) is 13.7 Å². The third-order valence-corrected chi connectivity index (χ3v) is 5.19. The van der Waals surface area contributed by atoms with Gasteiger partial charge in [-0.15, -0.1) is 0 Å². The van der Waals surface area contributed by atoms with E-state index in [1.54, 1.807) is 7.11 Å². The molecule has 0 saturated carbocycles. The lowest BCUT2D eigenvalue weighted by atomic mass is 10.1. The van der Waals surface area contributed by atoms with E-state index in [4.69, 9.17) is 9.47 Å². The standard InChI is InChI=1S/C29H36O2/c1-3-4-5-6-7-8-9-10-11-14-25-31-29-23-19-27(20-24-29)16-13-12-15-26-17-21-28(30-2)22-18-26/h17-24H,3-11,14,25H2,1-2H3. The van der Waals surface area contributed by atoms with Crippen molar-refractivity contribution in [3.63, 3.8) is 0 Å². The second kappa shape index (κ2) is 15.9. The van der Waals surface area contributed by atoms with Crippen LogP contribution < -0.4 is 9.47 Å². The molecule has 0 spiro atoms. The Balaban J connectivity index is 1.59. The van der Waals surface area contributed by atoms with Crippen LogP contribution >= 0.6 is 0 Å². The molecule has 0 saturated heterocycles. The summed E-state index contributed by atoms with van der Waals surface area (Å²) in [6.45, 7) is 3.06. The van der Waals surface area contributed by atoms with Gasteiger partial charge in [-0.2, -0.15) is 0 Å². The summed E-state index contributed by atoms with van der Waals surface area (Å²) in [5, 5.41) is 0. The Labute approximate surface area is 189 Å². The molecule has 0 N–H and O–H groups in total. The summed E-state index contributed by atoms with van der Waals surface area (Å²) in [7, 11) is 1.65. The molecule has 0 bridgehead atoms. The first-order valence-electron chi connectivity index (χ1n) is 11.7. The van der Waals surface area contributed by atoms with Crippen LogP contribution in [0.5, 0.6) is 11.5 Å². The lowest BCUT2D eigenvalue weighted by Crippen LogP contribution is -1.97. The smallest absolute Gasteiger partial charge is 0.119 e. The lowest BCUT2D eigenvalue weighted by Gasteiger charge is -2.06. The highest BCUT2D eigenvalue weighted by Gasteiger charge is 1.96. The molecule has 0 aromatic heterocycles. The van der Waals surface area contributed by atoms with Crippen molar-refractivity contribution in [3.8, 4) is 35.2 Å². The first-order valence-corrected chi connectivity index (χ1v) is 11.7. The van der Waals surface area contributed by atoms with Crippen molar-refractivity contribution >= 4 is 0 Å². The Morgan fingerprint density at radius 3 is 1.52 bits per heavy atom. The van der Waals surface area contributed by atoms with Crippen LogP contribution in [0.25, 0.3) is 0 Å². The zero-order valence-corrected chi connectivity index (χ0v) is 19.2. The highest BCUT2D eigenvalue weighted by atomic mass is 16.5. The zero-order chi connectivity index (χ0) is 22.0. The van der Waals surface area contributed by atoms with Crippen LogP contribution in [-0.2, 0) is 0 Å². The summed E-state index contributed by atoms with van der Waals surface area (Å²) >= 11 is 0. The fraction of sp³-hybridized carbons (Fsp3) is 0.448. The van der Waals surface area contributed by atoms with Gasteiger partial charge < -0.3 is 9.47 Å². The Kier molecular flexibility index (Phi) is 12.6. The fourth-order valence-corrected chi connectivity index (χ4v) is 3.30. The molecule has 2 rings (SSSR count). The summed E-state index contributed by atoms with van der Waals surface area (Å²) in [5.41, 5.74) is 1.86. The van der Waals surface area contributed by atoms with Gasteiger partial charge in [-0.3, -0.25) is 0 Å². The molecular formula is C29H36O2. The molecule has 164 valence electrons. The van der Waals surface area contributed by atoms with Gasteiger partial charge in [0.15, 0.2) is 0 Å². The molecule has 0 aliphatic rings. The quantitative estimate of drug-likeness (QED) is 0.250. The van der Waals surface area contributed by atoms with Crippen LogP contribution in [0.2, 0.25) is 0 Å². The van der Waals surface area contributed by atoms with Gasteiger partial charge in [-0.25, -0.2) is 0 Å². The zero-order valence-electron chi connectivity index (χ0n) is 19.2. The third kappa shape index (κ3) is 11.2. The van der Waals surface area contributed by atoms with Gasteiger partial charge in [-0.1, -0.05) is 76.6 Å². The van der Waals surface area contributed by atoms with E-state index in [9.17, 15) is 0 Å². The molecule has 0 amide bonds. The molecule has 0 atom stereocenters. The van der Waals surface area contributed by atoms with Crippen molar-refractivity contribution in [2.24, 2.45) is 0 Å². The van der Waals surface area contributed by atoms with Crippen LogP contribution in [0, 0.1) is 23.7 Å². The number of methoxy groups -OCH3 is 1. The van der Waals surface area contributed by atoms with Gasteiger partial charge in [0, 0.05) is 11.1 Å². The molecule has 0 unspecified atom stereocenters. The Morgan fingerprint density at radius 2 is 1.03 bits per heavy atom. The predicted octanol–water partition coefficient (Wildman–Crippen LogP) is 7.40. The number of hydrogen-bond acceptors (Lipinski definition) is 2. The summed E-state index contributed by atoms with van der Waals surface area (Å²) in [6, 6.07) is 15.6. The Morgan fingerprint density at radius 1 is 0.581 bits per heavy atom. The van der Waals surface area contributed by atoms with E-state index in [2.05, 4.69) is 30.6 Å². The SMILES string of the molecule is CCCCCCCCCCCCOc1ccc(C#CC#Cc2ccc(OC)cc2)cc1. The van der Waals surface area contributed by atoms with Crippen LogP contribution in [0.3, 0.4) is 0 Å². The maximum atomic E-state index is 5.85. The van der Waals surface area contributed by atoms with Gasteiger partial charge in [-0.05, 0) is 66.8 Å². The Bertz CT molecular complexity index is 842. The van der Waals surface area contributed by atoms with Crippen LogP contribution in [-0.4, -0.2) is 13.7 Å². The predicted molar refractivity (Wildman–Crippen MR) is 131 cm³/mol. The van der Waals surface area contributed by atoms with Crippen molar-refractivity contribution < 1.29 is 9.47 Å². The van der Waals surface area contributed by atoms with Crippen molar-refractivity contribution in [1.29, 1.82) is 0 Å². The normalized spacial score (nSPS) is 9.87. The first kappa shape index (κ1) is 24.4. The number of rotatable bonds is 13. The molecule has 0 heterocycles. The third-order valence-electron chi connectivity index (χ3n) is 5.19. The van der Waals surface area contributed by atoms with Crippen LogP contribution in [0.4, 0.5) is 0 Å². The van der Waals surface area contributed by atoms with Crippen molar-refractivity contribution in [3.05, 3.63) is 59.7 Å². The van der Waals surface area contributed by atoms with Gasteiger partial charge in [0.1, 0.15) is 11.5 Å². The minimum atomic E-state index is 0.787. The number of benzene rings is 2. The van der Waals surface area contributed by atoms with Gasteiger partial charge in [0.25, 0.3) is 0 Å². The summed E-state index contributed by atoms with van der Waals surface area (Å²) in [4.78, 5) is 0. The molecule has 0 aliphatic heterocycles. The minimum Gasteiger partial charge on any atom is -0.497 e.